The molecule has 154 valence electrons. The summed E-state index contributed by atoms with van der Waals surface area (Å²) in [6, 6.07) is 22.7. The summed E-state index contributed by atoms with van der Waals surface area (Å²) in [7, 11) is 0. The van der Waals surface area contributed by atoms with E-state index in [-0.39, 0.29) is 11.8 Å². The first-order valence-corrected chi connectivity index (χ1v) is 10.7. The molecule has 2 amide bonds. The van der Waals surface area contributed by atoms with Gasteiger partial charge in [0.2, 0.25) is 0 Å². The van der Waals surface area contributed by atoms with Crippen LogP contribution in [0, 0.1) is 6.92 Å². The molecule has 0 saturated carbocycles. The van der Waals surface area contributed by atoms with Crippen molar-refractivity contribution in [1.29, 1.82) is 0 Å². The zero-order chi connectivity index (χ0) is 21.5. The van der Waals surface area contributed by atoms with Crippen molar-refractivity contribution in [2.24, 2.45) is 0 Å². The molecule has 2 aliphatic heterocycles. The Morgan fingerprint density at radius 2 is 1.55 bits per heavy atom. The summed E-state index contributed by atoms with van der Waals surface area (Å²) in [5.74, 6) is -0.617. The fourth-order valence-electron chi connectivity index (χ4n) is 4.34. The predicted octanol–water partition coefficient (Wildman–Crippen LogP) is 5.39. The van der Waals surface area contributed by atoms with Gasteiger partial charge in [0.05, 0.1) is 11.3 Å². The van der Waals surface area contributed by atoms with Crippen LogP contribution < -0.4 is 9.80 Å². The average Bonchev–Trinajstić information content (AvgIpc) is 3.04. The number of carbonyl (C=O) groups excluding carboxylic acids is 2. The molecule has 0 N–H and O–H groups in total. The molecule has 0 bridgehead atoms. The lowest BCUT2D eigenvalue weighted by Gasteiger charge is -2.32. The van der Waals surface area contributed by atoms with E-state index in [9.17, 15) is 9.59 Å². The second-order valence-corrected chi connectivity index (χ2v) is 8.33. The molecule has 2 aliphatic rings. The zero-order valence-corrected chi connectivity index (χ0v) is 17.9. The maximum absolute atomic E-state index is 13.7. The number of aryl methyl sites for hydroxylation is 2. The van der Waals surface area contributed by atoms with Crippen LogP contribution in [0.2, 0.25) is 5.02 Å². The molecule has 0 unspecified atom stereocenters. The molecule has 0 spiro atoms. The quantitative estimate of drug-likeness (QED) is 0.525. The van der Waals surface area contributed by atoms with E-state index in [1.807, 2.05) is 54.3 Å². The largest absolute Gasteiger partial charge is 0.336 e. The summed E-state index contributed by atoms with van der Waals surface area (Å²) < 4.78 is 0. The maximum atomic E-state index is 13.7. The molecular weight excluding hydrogens is 408 g/mol. The van der Waals surface area contributed by atoms with Crippen molar-refractivity contribution in [3.05, 3.63) is 100 Å². The van der Waals surface area contributed by atoms with Gasteiger partial charge >= 0.3 is 0 Å². The lowest BCUT2D eigenvalue weighted by atomic mass is 9.98. The number of carbonyl (C=O) groups is 2. The van der Waals surface area contributed by atoms with Crippen molar-refractivity contribution in [3.63, 3.8) is 0 Å². The minimum absolute atomic E-state index is 0.306. The Kier molecular flexibility index (Phi) is 4.87. The van der Waals surface area contributed by atoms with Crippen molar-refractivity contribution in [2.45, 2.75) is 19.8 Å². The highest BCUT2D eigenvalue weighted by Gasteiger charge is 2.43. The number of rotatable bonds is 3. The van der Waals surface area contributed by atoms with Crippen LogP contribution in [0.15, 0.2) is 78.5 Å². The molecule has 4 nitrogen and oxygen atoms in total. The van der Waals surface area contributed by atoms with E-state index in [0.717, 1.165) is 29.7 Å². The average molecular weight is 429 g/mol. The van der Waals surface area contributed by atoms with Crippen LogP contribution in [0.4, 0.5) is 11.4 Å². The number of para-hydroxylation sites is 1. The Balaban J connectivity index is 1.69. The molecule has 0 atom stereocenters. The van der Waals surface area contributed by atoms with E-state index in [4.69, 9.17) is 11.6 Å². The minimum atomic E-state index is -0.311. The van der Waals surface area contributed by atoms with Crippen LogP contribution in [0.3, 0.4) is 0 Å². The van der Waals surface area contributed by atoms with E-state index in [1.165, 1.54) is 10.5 Å². The van der Waals surface area contributed by atoms with E-state index in [1.54, 1.807) is 24.3 Å². The molecule has 2 heterocycles. The Morgan fingerprint density at radius 1 is 0.839 bits per heavy atom. The minimum Gasteiger partial charge on any atom is -0.336 e. The maximum Gasteiger partial charge on any atom is 0.282 e. The molecule has 0 aliphatic carbocycles. The third-order valence-corrected chi connectivity index (χ3v) is 6.12. The molecule has 5 heteroatoms. The summed E-state index contributed by atoms with van der Waals surface area (Å²) in [6.07, 6.45) is 1.88. The van der Waals surface area contributed by atoms with Gasteiger partial charge in [-0.3, -0.25) is 9.59 Å². The highest BCUT2D eigenvalue weighted by atomic mass is 35.5. The van der Waals surface area contributed by atoms with E-state index in [0.29, 0.717) is 28.5 Å². The normalized spacial score (nSPS) is 16.2. The standard InChI is InChI=1S/C26H21ClN2O2/c1-17-8-10-19(11-9-17)23-24(28-16-4-6-18-5-2-3-7-22(18)28)26(31)29(25(23)30)21-14-12-20(27)13-15-21/h2-3,5,7-15H,4,6,16H2,1H3. The first-order valence-electron chi connectivity index (χ1n) is 10.4. The van der Waals surface area contributed by atoms with Crippen molar-refractivity contribution in [1.82, 2.24) is 0 Å². The van der Waals surface area contributed by atoms with Gasteiger partial charge in [0.25, 0.3) is 11.8 Å². The second kappa shape index (κ2) is 7.71. The van der Waals surface area contributed by atoms with Crippen molar-refractivity contribution >= 4 is 40.4 Å². The van der Waals surface area contributed by atoms with Crippen molar-refractivity contribution in [2.75, 3.05) is 16.3 Å². The number of nitrogens with zero attached hydrogens (tertiary/aromatic N) is 2. The Hall–Kier alpha value is -3.37. The summed E-state index contributed by atoms with van der Waals surface area (Å²) in [6.45, 7) is 2.69. The summed E-state index contributed by atoms with van der Waals surface area (Å²) in [5, 5.41) is 0.555. The Labute approximate surface area is 186 Å². The van der Waals surface area contributed by atoms with Gasteiger partial charge in [-0.2, -0.15) is 0 Å². The molecule has 3 aromatic rings. The summed E-state index contributed by atoms with van der Waals surface area (Å²) in [5.41, 5.74) is 5.43. The smallest absolute Gasteiger partial charge is 0.282 e. The second-order valence-electron chi connectivity index (χ2n) is 7.90. The SMILES string of the molecule is Cc1ccc(C2=C(N3CCCc4ccccc43)C(=O)N(c3ccc(Cl)cc3)C2=O)cc1. The van der Waals surface area contributed by atoms with Gasteiger partial charge in [0.15, 0.2) is 0 Å². The van der Waals surface area contributed by atoms with Gasteiger partial charge < -0.3 is 4.90 Å². The Morgan fingerprint density at radius 3 is 2.29 bits per heavy atom. The topological polar surface area (TPSA) is 40.6 Å². The number of hydrogen-bond acceptors (Lipinski definition) is 3. The molecule has 3 aromatic carbocycles. The number of benzene rings is 3. The van der Waals surface area contributed by atoms with Crippen molar-refractivity contribution < 1.29 is 9.59 Å². The number of anilines is 2. The highest BCUT2D eigenvalue weighted by molar-refractivity contribution is 6.46. The molecular formula is C26H21ClN2O2. The van der Waals surface area contributed by atoms with Crippen LogP contribution in [0.25, 0.3) is 5.57 Å². The summed E-state index contributed by atoms with van der Waals surface area (Å²) in [4.78, 5) is 30.7. The molecule has 5 rings (SSSR count). The van der Waals surface area contributed by atoms with Gasteiger partial charge in [0, 0.05) is 17.3 Å². The fraction of sp³-hybridized carbons (Fsp3) is 0.154. The van der Waals surface area contributed by atoms with Crippen LogP contribution in [0.5, 0.6) is 0 Å². The monoisotopic (exact) mass is 428 g/mol. The lowest BCUT2D eigenvalue weighted by Crippen LogP contribution is -2.37. The molecule has 31 heavy (non-hydrogen) atoms. The number of amides is 2. The van der Waals surface area contributed by atoms with Crippen LogP contribution in [-0.4, -0.2) is 18.4 Å². The first kappa shape index (κ1) is 19.6. The third-order valence-electron chi connectivity index (χ3n) is 5.86. The first-order chi connectivity index (χ1) is 15.0. The van der Waals surface area contributed by atoms with Gasteiger partial charge in [-0.1, -0.05) is 59.6 Å². The number of halogens is 1. The third kappa shape index (κ3) is 3.33. The predicted molar refractivity (Wildman–Crippen MR) is 124 cm³/mol. The fourth-order valence-corrected chi connectivity index (χ4v) is 4.47. The lowest BCUT2D eigenvalue weighted by molar-refractivity contribution is -0.120. The van der Waals surface area contributed by atoms with Gasteiger partial charge in [-0.05, 0) is 61.2 Å². The van der Waals surface area contributed by atoms with Gasteiger partial charge in [-0.15, -0.1) is 0 Å². The van der Waals surface area contributed by atoms with E-state index in [2.05, 4.69) is 6.07 Å². The zero-order valence-electron chi connectivity index (χ0n) is 17.1. The highest BCUT2D eigenvalue weighted by Crippen LogP contribution is 2.39. The molecule has 0 aromatic heterocycles. The van der Waals surface area contributed by atoms with E-state index >= 15 is 0 Å². The molecule has 0 saturated heterocycles. The van der Waals surface area contributed by atoms with Crippen molar-refractivity contribution in [3.8, 4) is 0 Å². The number of imide groups is 1. The van der Waals surface area contributed by atoms with Gasteiger partial charge in [-0.25, -0.2) is 4.90 Å². The van der Waals surface area contributed by atoms with Crippen LogP contribution in [0.1, 0.15) is 23.1 Å². The molecule has 0 radical (unpaired) electrons. The molecule has 0 fully saturated rings. The van der Waals surface area contributed by atoms with Crippen LogP contribution in [-0.2, 0) is 16.0 Å². The van der Waals surface area contributed by atoms with Gasteiger partial charge in [0.1, 0.15) is 5.70 Å². The summed E-state index contributed by atoms with van der Waals surface area (Å²) >= 11 is 6.03. The number of hydrogen-bond donors (Lipinski definition) is 0. The number of fused-ring (bicyclic) bond motifs is 1. The Bertz CT molecular complexity index is 1210. The van der Waals surface area contributed by atoms with E-state index < -0.39 is 0 Å². The van der Waals surface area contributed by atoms with Crippen LogP contribution >= 0.6 is 11.6 Å².